The minimum atomic E-state index is -1.29. The van der Waals surface area contributed by atoms with Crippen molar-refractivity contribution in [3.63, 3.8) is 0 Å². The molecule has 1 aliphatic rings. The van der Waals surface area contributed by atoms with Gasteiger partial charge in [0.15, 0.2) is 11.5 Å². The second kappa shape index (κ2) is 8.71. The molecule has 1 amide bonds. The van der Waals surface area contributed by atoms with Crippen LogP contribution in [0.1, 0.15) is 43.0 Å². The van der Waals surface area contributed by atoms with E-state index in [1.807, 2.05) is 0 Å². The van der Waals surface area contributed by atoms with Gasteiger partial charge in [-0.2, -0.15) is 0 Å². The summed E-state index contributed by atoms with van der Waals surface area (Å²) in [6.45, 7) is 3.25. The molecule has 1 heterocycles. The van der Waals surface area contributed by atoms with Crippen LogP contribution in [0.25, 0.3) is 0 Å². The summed E-state index contributed by atoms with van der Waals surface area (Å²) >= 11 is 0. The van der Waals surface area contributed by atoms with Crippen molar-refractivity contribution in [2.45, 2.75) is 38.1 Å². The highest BCUT2D eigenvalue weighted by atomic mass is 16.5. The maximum atomic E-state index is 12.6. The third kappa shape index (κ3) is 4.63. The Kier molecular flexibility index (Phi) is 6.64. The third-order valence-electron chi connectivity index (χ3n) is 4.29. The van der Waals surface area contributed by atoms with Crippen molar-refractivity contribution in [3.05, 3.63) is 23.8 Å². The number of carbonyl (C=O) groups excluding carboxylic acids is 1. The number of ether oxygens (including phenoxy) is 3. The van der Waals surface area contributed by atoms with E-state index in [0.717, 1.165) is 12.8 Å². The second-order valence-electron chi connectivity index (χ2n) is 6.02. The molecule has 2 N–H and O–H groups in total. The van der Waals surface area contributed by atoms with Crippen LogP contribution in [0.15, 0.2) is 18.2 Å². The summed E-state index contributed by atoms with van der Waals surface area (Å²) in [5.41, 5.74) is -0.967. The van der Waals surface area contributed by atoms with Gasteiger partial charge in [-0.05, 0) is 24.6 Å². The molecule has 0 unspecified atom stereocenters. The van der Waals surface area contributed by atoms with E-state index >= 15 is 0 Å². The van der Waals surface area contributed by atoms with Crippen LogP contribution in [0.2, 0.25) is 0 Å². The van der Waals surface area contributed by atoms with Gasteiger partial charge in [0.25, 0.3) is 5.91 Å². The fourth-order valence-electron chi connectivity index (χ4n) is 2.66. The summed E-state index contributed by atoms with van der Waals surface area (Å²) in [4.78, 5) is 24.2. The molecule has 0 bridgehead atoms. The molecule has 1 fully saturated rings. The number of benzene rings is 1. The van der Waals surface area contributed by atoms with Gasteiger partial charge in [-0.3, -0.25) is 4.79 Å². The molecule has 0 spiro atoms. The Morgan fingerprint density at radius 2 is 2.00 bits per heavy atom. The van der Waals surface area contributed by atoms with Crippen LogP contribution < -0.4 is 14.8 Å². The van der Waals surface area contributed by atoms with E-state index in [1.165, 1.54) is 7.11 Å². The molecule has 138 valence electrons. The summed E-state index contributed by atoms with van der Waals surface area (Å²) in [6, 6.07) is 4.83. The molecule has 1 aliphatic heterocycles. The van der Waals surface area contributed by atoms with Crippen molar-refractivity contribution < 1.29 is 28.9 Å². The number of carboxylic acids is 1. The number of hydrogen-bond acceptors (Lipinski definition) is 5. The molecule has 1 saturated heterocycles. The number of amides is 1. The molecular formula is C18H25NO6. The number of unbranched alkanes of at least 4 members (excludes halogenated alkanes) is 1. The zero-order chi connectivity index (χ0) is 18.3. The number of carbonyl (C=O) groups is 2. The fourth-order valence-corrected chi connectivity index (χ4v) is 2.66. The lowest BCUT2D eigenvalue weighted by Crippen LogP contribution is -2.57. The van der Waals surface area contributed by atoms with Gasteiger partial charge in [0.2, 0.25) is 0 Å². The number of methoxy groups -OCH3 is 1. The zero-order valence-electron chi connectivity index (χ0n) is 14.7. The van der Waals surface area contributed by atoms with Gasteiger partial charge in [0.1, 0.15) is 5.54 Å². The van der Waals surface area contributed by atoms with Gasteiger partial charge in [-0.15, -0.1) is 0 Å². The van der Waals surface area contributed by atoms with Crippen LogP contribution in [0.5, 0.6) is 11.5 Å². The van der Waals surface area contributed by atoms with Gasteiger partial charge < -0.3 is 24.6 Å². The lowest BCUT2D eigenvalue weighted by atomic mass is 9.89. The molecule has 0 radical (unpaired) electrons. The van der Waals surface area contributed by atoms with Crippen LogP contribution in [-0.2, 0) is 9.53 Å². The summed E-state index contributed by atoms with van der Waals surface area (Å²) < 4.78 is 16.1. The minimum Gasteiger partial charge on any atom is -0.493 e. The van der Waals surface area contributed by atoms with Crippen molar-refractivity contribution in [2.24, 2.45) is 0 Å². The van der Waals surface area contributed by atoms with Crippen LogP contribution in [0, 0.1) is 0 Å². The Morgan fingerprint density at radius 1 is 1.28 bits per heavy atom. The summed E-state index contributed by atoms with van der Waals surface area (Å²) in [5, 5.41) is 12.2. The molecule has 0 aliphatic carbocycles. The lowest BCUT2D eigenvalue weighted by Gasteiger charge is -2.33. The van der Waals surface area contributed by atoms with Crippen molar-refractivity contribution in [1.82, 2.24) is 5.32 Å². The van der Waals surface area contributed by atoms with E-state index in [-0.39, 0.29) is 12.8 Å². The SMILES string of the molecule is CCCCOc1ccc(C(=O)NC2(C(=O)O)CCOCC2)cc1OC. The molecule has 7 nitrogen and oxygen atoms in total. The molecule has 0 aromatic heterocycles. The largest absolute Gasteiger partial charge is 0.493 e. The van der Waals surface area contributed by atoms with E-state index in [2.05, 4.69) is 12.2 Å². The van der Waals surface area contributed by atoms with Crippen molar-refractivity contribution >= 4 is 11.9 Å². The Morgan fingerprint density at radius 3 is 2.60 bits per heavy atom. The maximum Gasteiger partial charge on any atom is 0.329 e. The Hall–Kier alpha value is -2.28. The maximum absolute atomic E-state index is 12.6. The van der Waals surface area contributed by atoms with Crippen molar-refractivity contribution in [1.29, 1.82) is 0 Å². The molecule has 2 rings (SSSR count). The lowest BCUT2D eigenvalue weighted by molar-refractivity contribution is -0.148. The smallest absolute Gasteiger partial charge is 0.329 e. The van der Waals surface area contributed by atoms with Crippen LogP contribution >= 0.6 is 0 Å². The van der Waals surface area contributed by atoms with Crippen molar-refractivity contribution in [2.75, 3.05) is 26.9 Å². The molecule has 25 heavy (non-hydrogen) atoms. The standard InChI is InChI=1S/C18H25NO6/c1-3-4-9-25-14-6-5-13(12-15(14)23-2)16(20)19-18(17(21)22)7-10-24-11-8-18/h5-6,12H,3-4,7-11H2,1-2H3,(H,19,20)(H,21,22). The zero-order valence-corrected chi connectivity index (χ0v) is 14.7. The minimum absolute atomic E-state index is 0.240. The first-order chi connectivity index (χ1) is 12.0. The molecule has 0 saturated carbocycles. The normalized spacial score (nSPS) is 16.1. The van der Waals surface area contributed by atoms with E-state index in [4.69, 9.17) is 14.2 Å². The Bertz CT molecular complexity index is 610. The fraction of sp³-hybridized carbons (Fsp3) is 0.556. The number of aliphatic carboxylic acids is 1. The highest BCUT2D eigenvalue weighted by Gasteiger charge is 2.41. The number of rotatable bonds is 8. The Balaban J connectivity index is 2.14. The topological polar surface area (TPSA) is 94.1 Å². The number of carboxylic acid groups (broad SMARTS) is 1. The summed E-state index contributed by atoms with van der Waals surface area (Å²) in [5.74, 6) is -0.495. The van der Waals surface area contributed by atoms with Gasteiger partial charge in [-0.25, -0.2) is 4.79 Å². The van der Waals surface area contributed by atoms with E-state index in [1.54, 1.807) is 18.2 Å². The second-order valence-corrected chi connectivity index (χ2v) is 6.02. The molecular weight excluding hydrogens is 326 g/mol. The first-order valence-electron chi connectivity index (χ1n) is 8.47. The molecule has 7 heteroatoms. The summed E-state index contributed by atoms with van der Waals surface area (Å²) in [6.07, 6.45) is 2.42. The average molecular weight is 351 g/mol. The van der Waals surface area contributed by atoms with Crippen LogP contribution in [-0.4, -0.2) is 49.5 Å². The first kappa shape index (κ1) is 19.1. The monoisotopic (exact) mass is 351 g/mol. The van der Waals surface area contributed by atoms with Gasteiger partial charge in [0.05, 0.1) is 13.7 Å². The first-order valence-corrected chi connectivity index (χ1v) is 8.47. The number of hydrogen-bond donors (Lipinski definition) is 2. The van der Waals surface area contributed by atoms with Gasteiger partial charge in [0, 0.05) is 31.6 Å². The average Bonchev–Trinajstić information content (AvgIpc) is 2.62. The highest BCUT2D eigenvalue weighted by Crippen LogP contribution is 2.29. The molecule has 1 aromatic rings. The van der Waals surface area contributed by atoms with Gasteiger partial charge >= 0.3 is 5.97 Å². The molecule has 0 atom stereocenters. The predicted molar refractivity (Wildman–Crippen MR) is 91.3 cm³/mol. The molecule has 1 aromatic carbocycles. The predicted octanol–water partition coefficient (Wildman–Crippen LogP) is 2.24. The highest BCUT2D eigenvalue weighted by molar-refractivity contribution is 5.98. The quantitative estimate of drug-likeness (QED) is 0.698. The van der Waals surface area contributed by atoms with E-state index < -0.39 is 17.4 Å². The summed E-state index contributed by atoms with van der Waals surface area (Å²) in [7, 11) is 1.50. The van der Waals surface area contributed by atoms with Crippen LogP contribution in [0.3, 0.4) is 0 Å². The Labute approximate surface area is 147 Å². The van der Waals surface area contributed by atoms with Crippen LogP contribution in [0.4, 0.5) is 0 Å². The number of nitrogens with one attached hydrogen (secondary N) is 1. The van der Waals surface area contributed by atoms with Crippen molar-refractivity contribution in [3.8, 4) is 11.5 Å². The van der Waals surface area contributed by atoms with E-state index in [0.29, 0.717) is 36.9 Å². The van der Waals surface area contributed by atoms with E-state index in [9.17, 15) is 14.7 Å². The third-order valence-corrected chi connectivity index (χ3v) is 4.29. The van der Waals surface area contributed by atoms with Gasteiger partial charge in [-0.1, -0.05) is 13.3 Å².